The van der Waals surface area contributed by atoms with Crippen LogP contribution in [-0.4, -0.2) is 5.97 Å². The average molecular weight is 295 g/mol. The van der Waals surface area contributed by atoms with Crippen LogP contribution in [-0.2, 0) is 11.3 Å². The van der Waals surface area contributed by atoms with Gasteiger partial charge in [0.25, 0.3) is 0 Å². The van der Waals surface area contributed by atoms with Crippen molar-refractivity contribution in [1.29, 1.82) is 0 Å². The first-order valence-corrected chi connectivity index (χ1v) is 6.49. The van der Waals surface area contributed by atoms with Gasteiger partial charge in [0, 0.05) is 15.6 Å². The van der Waals surface area contributed by atoms with Crippen LogP contribution in [0.25, 0.3) is 0 Å². The quantitative estimate of drug-likeness (QED) is 0.770. The molecule has 0 bridgehead atoms. The van der Waals surface area contributed by atoms with Crippen molar-refractivity contribution in [3.63, 3.8) is 0 Å². The summed E-state index contributed by atoms with van der Waals surface area (Å²) in [5.74, 6) is -0.366. The molecule has 2 rings (SSSR count). The molecule has 0 saturated heterocycles. The number of hydrogen-bond acceptors (Lipinski definition) is 2. The van der Waals surface area contributed by atoms with Gasteiger partial charge < -0.3 is 4.74 Å². The smallest absolute Gasteiger partial charge is 0.338 e. The fourth-order valence-electron chi connectivity index (χ4n) is 1.64. The van der Waals surface area contributed by atoms with Crippen LogP contribution in [0.15, 0.2) is 42.5 Å². The molecule has 0 heterocycles. The summed E-state index contributed by atoms with van der Waals surface area (Å²) in [4.78, 5) is 11.9. The van der Waals surface area contributed by atoms with Gasteiger partial charge in [-0.2, -0.15) is 0 Å². The molecule has 2 aromatic carbocycles. The highest BCUT2D eigenvalue weighted by molar-refractivity contribution is 6.35. The molecule has 0 aliphatic carbocycles. The summed E-state index contributed by atoms with van der Waals surface area (Å²) in [6.07, 6.45) is 0. The first-order valence-electron chi connectivity index (χ1n) is 5.74. The monoisotopic (exact) mass is 294 g/mol. The molecule has 0 spiro atoms. The van der Waals surface area contributed by atoms with E-state index in [0.29, 0.717) is 15.6 Å². The van der Waals surface area contributed by atoms with Crippen molar-refractivity contribution in [3.8, 4) is 0 Å². The largest absolute Gasteiger partial charge is 0.457 e. The summed E-state index contributed by atoms with van der Waals surface area (Å²) in [6.45, 7) is 2.05. The van der Waals surface area contributed by atoms with Gasteiger partial charge in [-0.05, 0) is 31.2 Å². The Labute approximate surface area is 121 Å². The van der Waals surface area contributed by atoms with E-state index in [2.05, 4.69) is 0 Å². The molecule has 0 saturated carbocycles. The Morgan fingerprint density at radius 2 is 1.95 bits per heavy atom. The van der Waals surface area contributed by atoms with E-state index in [-0.39, 0.29) is 12.6 Å². The van der Waals surface area contributed by atoms with E-state index in [1.807, 2.05) is 19.1 Å². The maximum atomic E-state index is 11.9. The Hall–Kier alpha value is -1.51. The number of carbonyl (C=O) groups excluding carboxylic acids is 1. The molecule has 0 aliphatic heterocycles. The number of esters is 1. The van der Waals surface area contributed by atoms with E-state index in [1.165, 1.54) is 0 Å². The standard InChI is InChI=1S/C15H12Cl2O2/c1-10-3-2-4-11(7-10)15(18)19-9-12-5-6-13(16)8-14(12)17/h2-8H,9H2,1H3. The molecule has 0 atom stereocenters. The molecule has 2 aromatic rings. The lowest BCUT2D eigenvalue weighted by molar-refractivity contribution is 0.0473. The summed E-state index contributed by atoms with van der Waals surface area (Å²) >= 11 is 11.8. The van der Waals surface area contributed by atoms with Crippen molar-refractivity contribution >= 4 is 29.2 Å². The molecule has 0 aliphatic rings. The van der Waals surface area contributed by atoms with Crippen molar-refractivity contribution in [2.24, 2.45) is 0 Å². The molecule has 0 radical (unpaired) electrons. The third-order valence-corrected chi connectivity index (χ3v) is 3.21. The van der Waals surface area contributed by atoms with E-state index in [0.717, 1.165) is 11.1 Å². The Balaban J connectivity index is 2.04. The molecule has 0 N–H and O–H groups in total. The zero-order chi connectivity index (χ0) is 13.8. The van der Waals surface area contributed by atoms with Crippen molar-refractivity contribution in [2.45, 2.75) is 13.5 Å². The van der Waals surface area contributed by atoms with Gasteiger partial charge >= 0.3 is 5.97 Å². The van der Waals surface area contributed by atoms with E-state index in [9.17, 15) is 4.79 Å². The fraction of sp³-hybridized carbons (Fsp3) is 0.133. The van der Waals surface area contributed by atoms with Gasteiger partial charge in [0.05, 0.1) is 5.56 Å². The predicted molar refractivity (Wildman–Crippen MR) is 76.8 cm³/mol. The lowest BCUT2D eigenvalue weighted by Crippen LogP contribution is -2.05. The Morgan fingerprint density at radius 3 is 2.63 bits per heavy atom. The number of ether oxygens (including phenoxy) is 1. The first-order chi connectivity index (χ1) is 9.06. The average Bonchev–Trinajstić information content (AvgIpc) is 2.37. The molecule has 98 valence electrons. The second-order valence-corrected chi connectivity index (χ2v) is 5.02. The van der Waals surface area contributed by atoms with Gasteiger partial charge in [0.2, 0.25) is 0 Å². The van der Waals surface area contributed by atoms with E-state index in [1.54, 1.807) is 30.3 Å². The summed E-state index contributed by atoms with van der Waals surface area (Å²) < 4.78 is 5.22. The van der Waals surface area contributed by atoms with Gasteiger partial charge in [0.1, 0.15) is 6.61 Å². The van der Waals surface area contributed by atoms with E-state index < -0.39 is 0 Å². The second-order valence-electron chi connectivity index (χ2n) is 4.18. The highest BCUT2D eigenvalue weighted by Gasteiger charge is 2.09. The van der Waals surface area contributed by atoms with Crippen LogP contribution in [0.5, 0.6) is 0 Å². The molecular formula is C15H12Cl2O2. The highest BCUT2D eigenvalue weighted by Crippen LogP contribution is 2.22. The lowest BCUT2D eigenvalue weighted by Gasteiger charge is -2.07. The molecule has 0 unspecified atom stereocenters. The fourth-order valence-corrected chi connectivity index (χ4v) is 2.10. The minimum Gasteiger partial charge on any atom is -0.457 e. The van der Waals surface area contributed by atoms with Gasteiger partial charge in [0.15, 0.2) is 0 Å². The maximum absolute atomic E-state index is 11.9. The van der Waals surface area contributed by atoms with Crippen molar-refractivity contribution in [3.05, 3.63) is 69.2 Å². The van der Waals surface area contributed by atoms with Gasteiger partial charge in [-0.1, -0.05) is 47.0 Å². The number of benzene rings is 2. The van der Waals surface area contributed by atoms with Gasteiger partial charge in [-0.3, -0.25) is 0 Å². The highest BCUT2D eigenvalue weighted by atomic mass is 35.5. The zero-order valence-corrected chi connectivity index (χ0v) is 11.8. The summed E-state index contributed by atoms with van der Waals surface area (Å²) in [6, 6.07) is 12.3. The van der Waals surface area contributed by atoms with Gasteiger partial charge in [-0.25, -0.2) is 4.79 Å². The Kier molecular flexibility index (Phi) is 4.46. The van der Waals surface area contributed by atoms with Crippen molar-refractivity contribution < 1.29 is 9.53 Å². The molecule has 0 fully saturated rings. The molecule has 0 aromatic heterocycles. The summed E-state index contributed by atoms with van der Waals surface area (Å²) in [7, 11) is 0. The lowest BCUT2D eigenvalue weighted by atomic mass is 10.1. The molecule has 4 heteroatoms. The Morgan fingerprint density at radius 1 is 1.16 bits per heavy atom. The number of rotatable bonds is 3. The van der Waals surface area contributed by atoms with E-state index in [4.69, 9.17) is 27.9 Å². The Bertz CT molecular complexity index is 609. The SMILES string of the molecule is Cc1cccc(C(=O)OCc2ccc(Cl)cc2Cl)c1. The number of hydrogen-bond donors (Lipinski definition) is 0. The predicted octanol–water partition coefficient (Wildman–Crippen LogP) is 4.66. The number of halogens is 2. The van der Waals surface area contributed by atoms with Crippen LogP contribution in [0.4, 0.5) is 0 Å². The summed E-state index contributed by atoms with van der Waals surface area (Å²) in [5, 5.41) is 1.04. The molecule has 0 amide bonds. The molecule has 2 nitrogen and oxygen atoms in total. The van der Waals surface area contributed by atoms with Crippen molar-refractivity contribution in [1.82, 2.24) is 0 Å². The van der Waals surface area contributed by atoms with Crippen LogP contribution >= 0.6 is 23.2 Å². The van der Waals surface area contributed by atoms with Crippen molar-refractivity contribution in [2.75, 3.05) is 0 Å². The minimum atomic E-state index is -0.366. The van der Waals surface area contributed by atoms with Crippen LogP contribution in [0.3, 0.4) is 0 Å². The van der Waals surface area contributed by atoms with Gasteiger partial charge in [-0.15, -0.1) is 0 Å². The first kappa shape index (κ1) is 13.9. The molecular weight excluding hydrogens is 283 g/mol. The topological polar surface area (TPSA) is 26.3 Å². The summed E-state index contributed by atoms with van der Waals surface area (Å²) in [5.41, 5.74) is 2.27. The van der Waals surface area contributed by atoms with Crippen LogP contribution in [0.2, 0.25) is 10.0 Å². The van der Waals surface area contributed by atoms with Crippen LogP contribution < -0.4 is 0 Å². The normalized spacial score (nSPS) is 10.3. The third-order valence-electron chi connectivity index (χ3n) is 2.63. The number of aryl methyl sites for hydroxylation is 1. The van der Waals surface area contributed by atoms with E-state index >= 15 is 0 Å². The maximum Gasteiger partial charge on any atom is 0.338 e. The van der Waals surface area contributed by atoms with Crippen LogP contribution in [0, 0.1) is 6.92 Å². The third kappa shape index (κ3) is 3.72. The minimum absolute atomic E-state index is 0.128. The second kappa shape index (κ2) is 6.09. The number of carbonyl (C=O) groups is 1. The molecule has 19 heavy (non-hydrogen) atoms. The van der Waals surface area contributed by atoms with Crippen LogP contribution in [0.1, 0.15) is 21.5 Å². The zero-order valence-electron chi connectivity index (χ0n) is 10.3.